The Morgan fingerprint density at radius 1 is 1.30 bits per heavy atom. The maximum atomic E-state index is 6.09. The molecule has 0 radical (unpaired) electrons. The van der Waals surface area contributed by atoms with Crippen LogP contribution in [0.4, 0.5) is 0 Å². The average Bonchev–Trinajstić information content (AvgIpc) is 3.17. The molecular weight excluding hydrogens is 359 g/mol. The van der Waals surface area contributed by atoms with Crippen molar-refractivity contribution in [2.75, 3.05) is 12.5 Å². The number of imidazole rings is 1. The summed E-state index contributed by atoms with van der Waals surface area (Å²) in [5.41, 5.74) is 1.20. The summed E-state index contributed by atoms with van der Waals surface area (Å²) >= 11 is 11.8. The molecule has 0 bridgehead atoms. The maximum absolute atomic E-state index is 6.09. The van der Waals surface area contributed by atoms with Crippen molar-refractivity contribution in [1.29, 1.82) is 0 Å². The van der Waals surface area contributed by atoms with E-state index in [1.807, 2.05) is 35.0 Å². The Morgan fingerprint density at radius 2 is 2.09 bits per heavy atom. The number of alkyl halides is 1. The summed E-state index contributed by atoms with van der Waals surface area (Å²) in [6, 6.07) is 7.86. The summed E-state index contributed by atoms with van der Waals surface area (Å²) < 4.78 is 14.0. The number of benzene rings is 1. The maximum Gasteiger partial charge on any atom is 0.187 e. The van der Waals surface area contributed by atoms with Crippen LogP contribution in [0.15, 0.2) is 43.0 Å². The van der Waals surface area contributed by atoms with E-state index in [4.69, 9.17) is 32.7 Å². The first-order valence-electron chi connectivity index (χ1n) is 7.27. The van der Waals surface area contributed by atoms with E-state index in [2.05, 4.69) is 4.98 Å². The SMILES string of the molecule is Cl.ClCC1COC(CCc2ccc(Cl)cc2)(Cn2ccnc2)O1. The van der Waals surface area contributed by atoms with E-state index in [0.717, 1.165) is 17.9 Å². The fourth-order valence-corrected chi connectivity index (χ4v) is 2.91. The van der Waals surface area contributed by atoms with Gasteiger partial charge in [0.15, 0.2) is 5.79 Å². The number of aromatic nitrogens is 2. The molecule has 0 N–H and O–H groups in total. The second-order valence-electron chi connectivity index (χ2n) is 5.48. The summed E-state index contributed by atoms with van der Waals surface area (Å²) in [7, 11) is 0. The predicted octanol–water partition coefficient (Wildman–Crippen LogP) is 3.94. The van der Waals surface area contributed by atoms with Gasteiger partial charge in [-0.1, -0.05) is 23.7 Å². The lowest BCUT2D eigenvalue weighted by molar-refractivity contribution is -0.180. The van der Waals surface area contributed by atoms with Crippen molar-refractivity contribution in [3.63, 3.8) is 0 Å². The van der Waals surface area contributed by atoms with Gasteiger partial charge in [0, 0.05) is 23.8 Å². The van der Waals surface area contributed by atoms with E-state index < -0.39 is 5.79 Å². The molecule has 0 amide bonds. The van der Waals surface area contributed by atoms with Gasteiger partial charge in [-0.15, -0.1) is 24.0 Å². The molecule has 0 spiro atoms. The lowest BCUT2D eigenvalue weighted by Gasteiger charge is -2.28. The highest BCUT2D eigenvalue weighted by atomic mass is 35.5. The van der Waals surface area contributed by atoms with E-state index in [9.17, 15) is 0 Å². The van der Waals surface area contributed by atoms with Crippen LogP contribution >= 0.6 is 35.6 Å². The second kappa shape index (κ2) is 8.36. The van der Waals surface area contributed by atoms with Gasteiger partial charge in [0.25, 0.3) is 0 Å². The topological polar surface area (TPSA) is 36.3 Å². The minimum atomic E-state index is -0.653. The number of nitrogens with zero attached hydrogens (tertiary/aromatic N) is 2. The lowest BCUT2D eigenvalue weighted by atomic mass is 10.0. The molecule has 0 saturated carbocycles. The van der Waals surface area contributed by atoms with Crippen molar-refractivity contribution in [1.82, 2.24) is 9.55 Å². The molecular formula is C16H19Cl3N2O2. The third-order valence-electron chi connectivity index (χ3n) is 3.78. The first-order valence-corrected chi connectivity index (χ1v) is 8.18. The molecule has 1 aliphatic heterocycles. The largest absolute Gasteiger partial charge is 0.345 e. The molecule has 1 aliphatic rings. The molecule has 1 fully saturated rings. The van der Waals surface area contributed by atoms with Crippen molar-refractivity contribution in [3.05, 3.63) is 53.6 Å². The summed E-state index contributed by atoms with van der Waals surface area (Å²) in [5.74, 6) is -0.216. The van der Waals surface area contributed by atoms with E-state index in [1.165, 1.54) is 5.56 Å². The quantitative estimate of drug-likeness (QED) is 0.715. The van der Waals surface area contributed by atoms with Crippen LogP contribution < -0.4 is 0 Å². The third-order valence-corrected chi connectivity index (χ3v) is 4.37. The van der Waals surface area contributed by atoms with Crippen LogP contribution in [-0.4, -0.2) is 33.9 Å². The first kappa shape index (κ1) is 18.6. The fourth-order valence-electron chi connectivity index (χ4n) is 2.63. The predicted molar refractivity (Wildman–Crippen MR) is 93.5 cm³/mol. The highest BCUT2D eigenvalue weighted by Crippen LogP contribution is 2.31. The molecule has 7 heteroatoms. The highest BCUT2D eigenvalue weighted by Gasteiger charge is 2.41. The Kier molecular flexibility index (Phi) is 6.74. The molecule has 2 aromatic rings. The summed E-state index contributed by atoms with van der Waals surface area (Å²) in [6.07, 6.45) is 6.97. The van der Waals surface area contributed by atoms with Gasteiger partial charge in [-0.2, -0.15) is 0 Å². The van der Waals surface area contributed by atoms with Crippen molar-refractivity contribution >= 4 is 35.6 Å². The van der Waals surface area contributed by atoms with Crippen LogP contribution in [0.25, 0.3) is 0 Å². The number of rotatable bonds is 6. The Morgan fingerprint density at radius 3 is 2.70 bits per heavy atom. The molecule has 2 atom stereocenters. The summed E-state index contributed by atoms with van der Waals surface area (Å²) in [4.78, 5) is 4.07. The average molecular weight is 378 g/mol. The first-order chi connectivity index (χ1) is 10.7. The number of hydrogen-bond donors (Lipinski definition) is 0. The summed E-state index contributed by atoms with van der Waals surface area (Å²) in [6.45, 7) is 1.13. The van der Waals surface area contributed by atoms with Crippen molar-refractivity contribution < 1.29 is 9.47 Å². The van der Waals surface area contributed by atoms with Gasteiger partial charge in [0.2, 0.25) is 0 Å². The van der Waals surface area contributed by atoms with Crippen LogP contribution in [0.2, 0.25) is 5.02 Å². The molecule has 2 heterocycles. The normalized spacial score (nSPS) is 23.7. The second-order valence-corrected chi connectivity index (χ2v) is 6.22. The molecule has 4 nitrogen and oxygen atoms in total. The highest BCUT2D eigenvalue weighted by molar-refractivity contribution is 6.30. The number of aryl methyl sites for hydroxylation is 1. The van der Waals surface area contributed by atoms with E-state index >= 15 is 0 Å². The Balaban J connectivity index is 0.00000192. The Labute approximate surface area is 152 Å². The van der Waals surface area contributed by atoms with Gasteiger partial charge in [-0.3, -0.25) is 0 Å². The van der Waals surface area contributed by atoms with Gasteiger partial charge >= 0.3 is 0 Å². The standard InChI is InChI=1S/C16H18Cl2N2O2.ClH/c17-9-15-10-21-16(22-15,11-20-8-7-19-12-20)6-5-13-1-3-14(18)4-2-13;/h1-4,7-8,12,15H,5-6,9-11H2;1H. The number of halogens is 3. The van der Waals surface area contributed by atoms with Gasteiger partial charge in [0.05, 0.1) is 31.5 Å². The van der Waals surface area contributed by atoms with Gasteiger partial charge < -0.3 is 14.0 Å². The molecule has 23 heavy (non-hydrogen) atoms. The summed E-state index contributed by atoms with van der Waals surface area (Å²) in [5, 5.41) is 0.743. The number of hydrogen-bond acceptors (Lipinski definition) is 3. The zero-order valence-corrected chi connectivity index (χ0v) is 14.9. The van der Waals surface area contributed by atoms with E-state index in [-0.39, 0.29) is 18.5 Å². The zero-order chi connectivity index (χ0) is 15.4. The molecule has 1 aromatic carbocycles. The Hall–Kier alpha value is -0.780. The monoisotopic (exact) mass is 376 g/mol. The third kappa shape index (κ3) is 4.85. The van der Waals surface area contributed by atoms with Crippen LogP contribution in [0, 0.1) is 0 Å². The molecule has 126 valence electrons. The Bertz CT molecular complexity index is 592. The fraction of sp³-hybridized carbons (Fsp3) is 0.438. The van der Waals surface area contributed by atoms with Crippen molar-refractivity contribution in [2.24, 2.45) is 0 Å². The molecule has 2 unspecified atom stereocenters. The van der Waals surface area contributed by atoms with Crippen LogP contribution in [0.5, 0.6) is 0 Å². The molecule has 1 aromatic heterocycles. The molecule has 1 saturated heterocycles. The van der Waals surface area contributed by atoms with E-state index in [1.54, 1.807) is 12.5 Å². The van der Waals surface area contributed by atoms with Crippen LogP contribution in [0.1, 0.15) is 12.0 Å². The smallest absolute Gasteiger partial charge is 0.187 e. The zero-order valence-electron chi connectivity index (χ0n) is 12.5. The van der Waals surface area contributed by atoms with Crippen LogP contribution in [-0.2, 0) is 22.4 Å². The minimum absolute atomic E-state index is 0. The van der Waals surface area contributed by atoms with Crippen molar-refractivity contribution in [3.8, 4) is 0 Å². The van der Waals surface area contributed by atoms with E-state index in [0.29, 0.717) is 19.0 Å². The minimum Gasteiger partial charge on any atom is -0.345 e. The molecule has 3 rings (SSSR count). The number of ether oxygens (including phenoxy) is 2. The van der Waals surface area contributed by atoms with Gasteiger partial charge in [-0.05, 0) is 24.1 Å². The van der Waals surface area contributed by atoms with Crippen LogP contribution in [0.3, 0.4) is 0 Å². The molecule has 0 aliphatic carbocycles. The van der Waals surface area contributed by atoms with Gasteiger partial charge in [0.1, 0.15) is 0 Å². The van der Waals surface area contributed by atoms with Crippen molar-refractivity contribution in [2.45, 2.75) is 31.3 Å². The van der Waals surface area contributed by atoms with Gasteiger partial charge in [-0.25, -0.2) is 4.98 Å². The lowest BCUT2D eigenvalue weighted by Crippen LogP contribution is -2.36.